The normalized spacial score (nSPS) is 12.2. The zero-order valence-corrected chi connectivity index (χ0v) is 9.77. The smallest absolute Gasteiger partial charge is 0.326 e. The fourth-order valence-corrected chi connectivity index (χ4v) is 1.29. The van der Waals surface area contributed by atoms with Crippen molar-refractivity contribution in [2.75, 3.05) is 0 Å². The molecule has 0 radical (unpaired) electrons. The van der Waals surface area contributed by atoms with Gasteiger partial charge in [-0.1, -0.05) is 13.8 Å². The standard InChI is InChI=1S/C11H16N2O4/c1-7(2)9(10(14)15)13-11(16)12-6-8-4-3-5-17-8/h3-5,7,9H,6H2,1-2H3,(H,14,15)(H2,12,13,16)/t9-/m0/s1. The number of carboxylic acid groups (broad SMARTS) is 1. The van der Waals surface area contributed by atoms with Crippen LogP contribution in [0.2, 0.25) is 0 Å². The predicted octanol–water partition coefficient (Wildman–Crippen LogP) is 1.19. The van der Waals surface area contributed by atoms with Gasteiger partial charge < -0.3 is 20.2 Å². The monoisotopic (exact) mass is 240 g/mol. The SMILES string of the molecule is CC(C)[C@H](NC(=O)NCc1ccco1)C(=O)O. The first kappa shape index (κ1) is 13.1. The highest BCUT2D eigenvalue weighted by molar-refractivity contribution is 5.82. The van der Waals surface area contributed by atoms with E-state index in [1.54, 1.807) is 26.0 Å². The lowest BCUT2D eigenvalue weighted by molar-refractivity contribution is -0.140. The van der Waals surface area contributed by atoms with Gasteiger partial charge in [-0.3, -0.25) is 0 Å². The molecule has 0 unspecified atom stereocenters. The number of amides is 2. The Balaban J connectivity index is 2.40. The fraction of sp³-hybridized carbons (Fsp3) is 0.455. The molecule has 0 fully saturated rings. The molecule has 3 N–H and O–H groups in total. The molecule has 94 valence electrons. The average molecular weight is 240 g/mol. The van der Waals surface area contributed by atoms with Crippen LogP contribution in [-0.4, -0.2) is 23.1 Å². The molecule has 0 aliphatic carbocycles. The Hall–Kier alpha value is -1.98. The molecule has 1 atom stereocenters. The molecular weight excluding hydrogens is 224 g/mol. The third kappa shape index (κ3) is 4.18. The van der Waals surface area contributed by atoms with Gasteiger partial charge in [0, 0.05) is 0 Å². The van der Waals surface area contributed by atoms with E-state index in [0.717, 1.165) is 0 Å². The molecule has 1 aromatic rings. The van der Waals surface area contributed by atoms with Crippen LogP contribution in [0.5, 0.6) is 0 Å². The van der Waals surface area contributed by atoms with Crippen LogP contribution in [0.3, 0.4) is 0 Å². The van der Waals surface area contributed by atoms with E-state index in [4.69, 9.17) is 9.52 Å². The number of furan rings is 1. The Kier molecular flexibility index (Phi) is 4.56. The second kappa shape index (κ2) is 5.93. The number of hydrogen-bond acceptors (Lipinski definition) is 3. The van der Waals surface area contributed by atoms with Gasteiger partial charge in [0.2, 0.25) is 0 Å². The molecule has 0 aromatic carbocycles. The second-order valence-electron chi connectivity index (χ2n) is 3.97. The maximum atomic E-state index is 11.4. The van der Waals surface area contributed by atoms with E-state index in [1.165, 1.54) is 6.26 Å². The van der Waals surface area contributed by atoms with E-state index >= 15 is 0 Å². The van der Waals surface area contributed by atoms with Crippen LogP contribution < -0.4 is 10.6 Å². The van der Waals surface area contributed by atoms with Crippen molar-refractivity contribution >= 4 is 12.0 Å². The van der Waals surface area contributed by atoms with Crippen LogP contribution in [0.25, 0.3) is 0 Å². The molecule has 0 saturated heterocycles. The molecule has 0 bridgehead atoms. The highest BCUT2D eigenvalue weighted by Gasteiger charge is 2.23. The first-order chi connectivity index (χ1) is 8.00. The zero-order valence-electron chi connectivity index (χ0n) is 9.77. The van der Waals surface area contributed by atoms with Gasteiger partial charge >= 0.3 is 12.0 Å². The Morgan fingerprint density at radius 3 is 2.65 bits per heavy atom. The van der Waals surface area contributed by atoms with Crippen LogP contribution in [0.1, 0.15) is 19.6 Å². The zero-order chi connectivity index (χ0) is 12.8. The summed E-state index contributed by atoms with van der Waals surface area (Å²) < 4.78 is 5.02. The van der Waals surface area contributed by atoms with E-state index in [1.807, 2.05) is 0 Å². The number of carbonyl (C=O) groups excluding carboxylic acids is 1. The molecule has 1 aromatic heterocycles. The quantitative estimate of drug-likeness (QED) is 0.720. The number of rotatable bonds is 5. The summed E-state index contributed by atoms with van der Waals surface area (Å²) in [5, 5.41) is 13.8. The van der Waals surface area contributed by atoms with Crippen molar-refractivity contribution in [2.45, 2.75) is 26.4 Å². The average Bonchev–Trinajstić information content (AvgIpc) is 2.74. The summed E-state index contributed by atoms with van der Waals surface area (Å²) in [6.45, 7) is 3.68. The number of carboxylic acids is 1. The maximum absolute atomic E-state index is 11.4. The van der Waals surface area contributed by atoms with Gasteiger partial charge in [-0.2, -0.15) is 0 Å². The van der Waals surface area contributed by atoms with Crippen LogP contribution >= 0.6 is 0 Å². The van der Waals surface area contributed by atoms with Crippen LogP contribution in [0, 0.1) is 5.92 Å². The van der Waals surface area contributed by atoms with Gasteiger partial charge in [-0.25, -0.2) is 9.59 Å². The summed E-state index contributed by atoms with van der Waals surface area (Å²) in [5.41, 5.74) is 0. The summed E-state index contributed by atoms with van der Waals surface area (Å²) >= 11 is 0. The molecular formula is C11H16N2O4. The summed E-state index contributed by atoms with van der Waals surface area (Å²) in [6, 6.07) is 2.01. The fourth-order valence-electron chi connectivity index (χ4n) is 1.29. The lowest BCUT2D eigenvalue weighted by atomic mass is 10.1. The molecule has 0 saturated carbocycles. The van der Waals surface area contributed by atoms with Crippen molar-refractivity contribution in [3.05, 3.63) is 24.2 Å². The summed E-state index contributed by atoms with van der Waals surface area (Å²) in [4.78, 5) is 22.3. The van der Waals surface area contributed by atoms with Crippen molar-refractivity contribution in [1.29, 1.82) is 0 Å². The van der Waals surface area contributed by atoms with Gasteiger partial charge in [0.05, 0.1) is 12.8 Å². The van der Waals surface area contributed by atoms with E-state index in [-0.39, 0.29) is 12.5 Å². The number of hydrogen-bond donors (Lipinski definition) is 3. The predicted molar refractivity (Wildman–Crippen MR) is 60.3 cm³/mol. The van der Waals surface area contributed by atoms with Crippen LogP contribution in [0.15, 0.2) is 22.8 Å². The number of carbonyl (C=O) groups is 2. The molecule has 6 heteroatoms. The number of aliphatic carboxylic acids is 1. The molecule has 0 spiro atoms. The Morgan fingerprint density at radius 1 is 1.47 bits per heavy atom. The van der Waals surface area contributed by atoms with Gasteiger partial charge in [0.25, 0.3) is 0 Å². The molecule has 6 nitrogen and oxygen atoms in total. The van der Waals surface area contributed by atoms with E-state index in [9.17, 15) is 9.59 Å². The van der Waals surface area contributed by atoms with Gasteiger partial charge in [0.15, 0.2) is 0 Å². The molecule has 0 aliphatic heterocycles. The largest absolute Gasteiger partial charge is 0.480 e. The van der Waals surface area contributed by atoms with Crippen LogP contribution in [-0.2, 0) is 11.3 Å². The van der Waals surface area contributed by atoms with Crippen molar-refractivity contribution in [2.24, 2.45) is 5.92 Å². The minimum absolute atomic E-state index is 0.179. The van der Waals surface area contributed by atoms with Gasteiger partial charge in [-0.15, -0.1) is 0 Å². The highest BCUT2D eigenvalue weighted by Crippen LogP contribution is 2.02. The first-order valence-corrected chi connectivity index (χ1v) is 5.30. The van der Waals surface area contributed by atoms with Gasteiger partial charge in [-0.05, 0) is 18.1 Å². The minimum atomic E-state index is -1.05. The Bertz CT molecular complexity index is 373. The van der Waals surface area contributed by atoms with Crippen molar-refractivity contribution in [1.82, 2.24) is 10.6 Å². The van der Waals surface area contributed by atoms with Crippen molar-refractivity contribution in [3.8, 4) is 0 Å². The van der Waals surface area contributed by atoms with Crippen molar-refractivity contribution < 1.29 is 19.1 Å². The summed E-state index contributed by atoms with van der Waals surface area (Å²) in [7, 11) is 0. The Labute approximate surface area is 99.0 Å². The lowest BCUT2D eigenvalue weighted by Gasteiger charge is -2.17. The first-order valence-electron chi connectivity index (χ1n) is 5.30. The van der Waals surface area contributed by atoms with Gasteiger partial charge in [0.1, 0.15) is 11.8 Å². The number of nitrogens with one attached hydrogen (secondary N) is 2. The lowest BCUT2D eigenvalue weighted by Crippen LogP contribution is -2.48. The molecule has 1 heterocycles. The number of urea groups is 1. The molecule has 0 aliphatic rings. The van der Waals surface area contributed by atoms with Crippen molar-refractivity contribution in [3.63, 3.8) is 0 Å². The molecule has 17 heavy (non-hydrogen) atoms. The minimum Gasteiger partial charge on any atom is -0.480 e. The summed E-state index contributed by atoms with van der Waals surface area (Å²) in [6.07, 6.45) is 1.50. The van der Waals surface area contributed by atoms with Crippen LogP contribution in [0.4, 0.5) is 4.79 Å². The molecule has 1 rings (SSSR count). The third-order valence-corrected chi connectivity index (χ3v) is 2.22. The maximum Gasteiger partial charge on any atom is 0.326 e. The molecule has 2 amide bonds. The van der Waals surface area contributed by atoms with E-state index < -0.39 is 18.0 Å². The van der Waals surface area contributed by atoms with E-state index in [0.29, 0.717) is 5.76 Å². The Morgan fingerprint density at radius 2 is 2.18 bits per heavy atom. The summed E-state index contributed by atoms with van der Waals surface area (Å²) in [5.74, 6) is -0.619. The highest BCUT2D eigenvalue weighted by atomic mass is 16.4. The second-order valence-corrected chi connectivity index (χ2v) is 3.97. The third-order valence-electron chi connectivity index (χ3n) is 2.22. The van der Waals surface area contributed by atoms with E-state index in [2.05, 4.69) is 10.6 Å². The topological polar surface area (TPSA) is 91.6 Å².